The van der Waals surface area contributed by atoms with Gasteiger partial charge in [0.1, 0.15) is 12.1 Å². The second-order valence-corrected chi connectivity index (χ2v) is 14.1. The molecule has 0 unspecified atom stereocenters. The number of nitrogens with one attached hydrogen (secondary N) is 3. The van der Waals surface area contributed by atoms with Gasteiger partial charge in [-0.3, -0.25) is 24.0 Å². The van der Waals surface area contributed by atoms with Gasteiger partial charge in [0, 0.05) is 37.8 Å². The number of hydrogen-bond donors (Lipinski definition) is 4. The predicted molar refractivity (Wildman–Crippen MR) is 185 cm³/mol. The maximum absolute atomic E-state index is 12.5. The lowest BCUT2D eigenvalue weighted by molar-refractivity contribution is -0.137. The largest absolute Gasteiger partial charge is 0.481 e. The molecule has 0 aromatic heterocycles. The lowest BCUT2D eigenvalue weighted by atomic mass is 9.91. The van der Waals surface area contributed by atoms with Gasteiger partial charge in [-0.15, -0.1) is 0 Å². The van der Waals surface area contributed by atoms with Gasteiger partial charge < -0.3 is 30.5 Å². The van der Waals surface area contributed by atoms with Crippen LogP contribution < -0.4 is 16.0 Å². The van der Waals surface area contributed by atoms with Gasteiger partial charge in [0.15, 0.2) is 5.78 Å². The van der Waals surface area contributed by atoms with E-state index in [1.807, 2.05) is 20.8 Å². The molecule has 0 saturated heterocycles. The minimum absolute atomic E-state index is 0.0131. The second-order valence-electron chi connectivity index (χ2n) is 14.1. The van der Waals surface area contributed by atoms with Crippen LogP contribution in [0.5, 0.6) is 0 Å². The van der Waals surface area contributed by atoms with Crippen molar-refractivity contribution in [3.05, 3.63) is 0 Å². The maximum atomic E-state index is 12.5. The molecule has 0 saturated carbocycles. The Morgan fingerprint density at radius 1 is 0.532 bits per heavy atom. The summed E-state index contributed by atoms with van der Waals surface area (Å²) in [4.78, 5) is 59.3. The summed E-state index contributed by atoms with van der Waals surface area (Å²) in [6.45, 7) is 10.5. The van der Waals surface area contributed by atoms with Crippen LogP contribution in [0.3, 0.4) is 0 Å². The van der Waals surface area contributed by atoms with Gasteiger partial charge in [-0.1, -0.05) is 97.8 Å². The van der Waals surface area contributed by atoms with Crippen molar-refractivity contribution in [3.8, 4) is 0 Å². The van der Waals surface area contributed by atoms with E-state index in [2.05, 4.69) is 16.0 Å². The number of ether oxygens (including phenoxy) is 2. The fourth-order valence-electron chi connectivity index (χ4n) is 4.78. The standard InChI is InChI=1S/C36H67N3O8/c1-35(2,3)30(40)29-47-28-27-46-26-25-38-34(45)36(4,5)39-32(42)22-20-24-37-31(41)21-18-16-14-12-10-8-6-7-9-11-13-15-17-19-23-33(43)44/h6-29H2,1-5H3,(H,37,41)(H,38,45)(H,39,42)(H,43,44). The lowest BCUT2D eigenvalue weighted by Gasteiger charge is -2.25. The number of rotatable bonds is 31. The Bertz CT molecular complexity index is 886. The minimum atomic E-state index is -1.08. The maximum Gasteiger partial charge on any atom is 0.303 e. The summed E-state index contributed by atoms with van der Waals surface area (Å²) in [5.74, 6) is -1.22. The second kappa shape index (κ2) is 27.4. The SMILES string of the molecule is CC(C)(C)C(=O)COCCOCCNC(=O)C(C)(C)NC(=O)CCCNC(=O)CCCCCCCCCCCCCCCCC(=O)O. The number of hydrogen-bond acceptors (Lipinski definition) is 7. The molecule has 0 radical (unpaired) electrons. The molecular weight excluding hydrogens is 602 g/mol. The van der Waals surface area contributed by atoms with E-state index in [1.54, 1.807) is 13.8 Å². The highest BCUT2D eigenvalue weighted by atomic mass is 16.5. The zero-order valence-corrected chi connectivity index (χ0v) is 30.3. The van der Waals surface area contributed by atoms with E-state index in [9.17, 15) is 24.0 Å². The molecule has 0 spiro atoms. The monoisotopic (exact) mass is 669 g/mol. The molecule has 0 aromatic rings. The molecule has 0 aliphatic rings. The molecule has 274 valence electrons. The molecule has 0 fully saturated rings. The lowest BCUT2D eigenvalue weighted by Crippen LogP contribution is -2.55. The first-order valence-electron chi connectivity index (χ1n) is 18.0. The highest BCUT2D eigenvalue weighted by molar-refractivity contribution is 5.90. The third-order valence-corrected chi connectivity index (χ3v) is 7.94. The molecule has 47 heavy (non-hydrogen) atoms. The highest BCUT2D eigenvalue weighted by Gasteiger charge is 2.28. The number of unbranched alkanes of at least 4 members (excludes halogenated alkanes) is 13. The van der Waals surface area contributed by atoms with Gasteiger partial charge in [0.25, 0.3) is 0 Å². The Hall–Kier alpha value is -2.53. The summed E-state index contributed by atoms with van der Waals surface area (Å²) in [6.07, 6.45) is 17.6. The van der Waals surface area contributed by atoms with Crippen LogP contribution in [0.15, 0.2) is 0 Å². The first-order valence-corrected chi connectivity index (χ1v) is 18.0. The van der Waals surface area contributed by atoms with Crippen LogP contribution in [0.2, 0.25) is 0 Å². The van der Waals surface area contributed by atoms with E-state index in [4.69, 9.17) is 14.6 Å². The topological polar surface area (TPSA) is 160 Å². The number of carbonyl (C=O) groups is 5. The fraction of sp³-hybridized carbons (Fsp3) is 0.861. The fourth-order valence-corrected chi connectivity index (χ4v) is 4.78. The van der Waals surface area contributed by atoms with Gasteiger partial charge in [-0.05, 0) is 33.1 Å². The number of carboxylic acids is 1. The minimum Gasteiger partial charge on any atom is -0.481 e. The van der Waals surface area contributed by atoms with E-state index in [0.717, 1.165) is 38.5 Å². The zero-order chi connectivity index (χ0) is 35.4. The number of carboxylic acid groups (broad SMARTS) is 1. The summed E-state index contributed by atoms with van der Waals surface area (Å²) in [6, 6.07) is 0. The molecule has 0 atom stereocenters. The van der Waals surface area contributed by atoms with Crippen molar-refractivity contribution >= 4 is 29.5 Å². The Morgan fingerprint density at radius 3 is 1.51 bits per heavy atom. The quantitative estimate of drug-likeness (QED) is 0.0667. The Balaban J connectivity index is 3.66. The third-order valence-electron chi connectivity index (χ3n) is 7.94. The first kappa shape index (κ1) is 44.5. The van der Waals surface area contributed by atoms with Gasteiger partial charge in [0.05, 0.1) is 19.8 Å². The molecule has 0 heterocycles. The van der Waals surface area contributed by atoms with Crippen molar-refractivity contribution in [1.82, 2.24) is 16.0 Å². The molecule has 3 amide bonds. The summed E-state index contributed by atoms with van der Waals surface area (Å²) in [5, 5.41) is 17.0. The Morgan fingerprint density at radius 2 is 1.00 bits per heavy atom. The Kier molecular flexibility index (Phi) is 25.9. The van der Waals surface area contributed by atoms with Crippen LogP contribution in [0.1, 0.15) is 150 Å². The molecule has 11 nitrogen and oxygen atoms in total. The molecule has 0 bridgehead atoms. The van der Waals surface area contributed by atoms with E-state index in [1.165, 1.54) is 51.4 Å². The van der Waals surface area contributed by atoms with Crippen molar-refractivity contribution in [1.29, 1.82) is 0 Å². The molecule has 0 rings (SSSR count). The van der Waals surface area contributed by atoms with Crippen molar-refractivity contribution in [2.75, 3.05) is 39.5 Å². The van der Waals surface area contributed by atoms with Crippen molar-refractivity contribution in [2.24, 2.45) is 5.41 Å². The zero-order valence-electron chi connectivity index (χ0n) is 30.3. The Labute approximate surface area is 284 Å². The molecule has 0 aromatic carbocycles. The van der Waals surface area contributed by atoms with Crippen LogP contribution in [0.25, 0.3) is 0 Å². The smallest absolute Gasteiger partial charge is 0.303 e. The van der Waals surface area contributed by atoms with E-state index in [0.29, 0.717) is 39.0 Å². The molecular formula is C36H67N3O8. The summed E-state index contributed by atoms with van der Waals surface area (Å²) in [5.41, 5.74) is -1.51. The van der Waals surface area contributed by atoms with E-state index < -0.39 is 16.9 Å². The van der Waals surface area contributed by atoms with Crippen molar-refractivity contribution in [2.45, 2.75) is 156 Å². The van der Waals surface area contributed by atoms with Crippen LogP contribution in [0, 0.1) is 5.41 Å². The normalized spacial score (nSPS) is 11.7. The first-order chi connectivity index (χ1) is 22.3. The van der Waals surface area contributed by atoms with E-state index >= 15 is 0 Å². The van der Waals surface area contributed by atoms with Gasteiger partial charge in [-0.2, -0.15) is 0 Å². The number of amides is 3. The predicted octanol–water partition coefficient (Wildman–Crippen LogP) is 5.87. The summed E-state index contributed by atoms with van der Waals surface area (Å²) >= 11 is 0. The number of Topliss-reactive ketones (excluding diaryl/α,β-unsaturated/α-hetero) is 1. The van der Waals surface area contributed by atoms with Crippen LogP contribution in [-0.4, -0.2) is 79.6 Å². The van der Waals surface area contributed by atoms with Crippen LogP contribution in [-0.2, 0) is 33.4 Å². The average molecular weight is 670 g/mol. The molecule has 11 heteroatoms. The van der Waals surface area contributed by atoms with Gasteiger partial charge in [-0.25, -0.2) is 0 Å². The van der Waals surface area contributed by atoms with Crippen molar-refractivity contribution in [3.63, 3.8) is 0 Å². The molecule has 4 N–H and O–H groups in total. The number of carbonyl (C=O) groups excluding carboxylic acids is 4. The third kappa shape index (κ3) is 28.2. The van der Waals surface area contributed by atoms with Crippen LogP contribution >= 0.6 is 0 Å². The summed E-state index contributed by atoms with van der Waals surface area (Å²) < 4.78 is 10.7. The number of aliphatic carboxylic acids is 1. The van der Waals surface area contributed by atoms with Gasteiger partial charge >= 0.3 is 5.97 Å². The average Bonchev–Trinajstić information content (AvgIpc) is 2.99. The van der Waals surface area contributed by atoms with E-state index in [-0.39, 0.29) is 49.7 Å². The van der Waals surface area contributed by atoms with Gasteiger partial charge in [0.2, 0.25) is 17.7 Å². The van der Waals surface area contributed by atoms with Crippen LogP contribution in [0.4, 0.5) is 0 Å². The highest BCUT2D eigenvalue weighted by Crippen LogP contribution is 2.15. The molecule has 0 aliphatic carbocycles. The van der Waals surface area contributed by atoms with Crippen molar-refractivity contribution < 1.29 is 38.6 Å². The molecule has 0 aliphatic heterocycles. The summed E-state index contributed by atoms with van der Waals surface area (Å²) in [7, 11) is 0. The number of ketones is 1.